The summed E-state index contributed by atoms with van der Waals surface area (Å²) in [7, 11) is -3.66. The van der Waals surface area contributed by atoms with Crippen LogP contribution < -0.4 is 0 Å². The van der Waals surface area contributed by atoms with Crippen molar-refractivity contribution in [3.63, 3.8) is 0 Å². The lowest BCUT2D eigenvalue weighted by atomic mass is 10.0. The maximum absolute atomic E-state index is 10.3. The Hall–Kier alpha value is -0.620. The standard InChI is InChI=1S/C18H36O2.C2H6O3S/c1-2-3-4-5-6-7-8-9-10-11-12-13-14-15-16-17-18(19)20;1-2-6(3,4)5/h2-17H2,1H3,(H,19,20);2H2,1H3,(H,3,4,5). The third-order valence-electron chi connectivity index (χ3n) is 4.36. The number of carboxylic acid groups (broad SMARTS) is 1. The van der Waals surface area contributed by atoms with Crippen molar-refractivity contribution < 1.29 is 22.9 Å². The van der Waals surface area contributed by atoms with Gasteiger partial charge in [0.05, 0.1) is 5.75 Å². The Morgan fingerprint density at radius 3 is 1.15 bits per heavy atom. The first-order valence-electron chi connectivity index (χ1n) is 10.5. The van der Waals surface area contributed by atoms with Crippen LogP contribution in [0.2, 0.25) is 0 Å². The molecular weight excluding hydrogens is 352 g/mol. The zero-order valence-electron chi connectivity index (χ0n) is 17.0. The fraction of sp³-hybridized carbons (Fsp3) is 0.950. The van der Waals surface area contributed by atoms with Crippen molar-refractivity contribution in [2.45, 2.75) is 117 Å². The average molecular weight is 395 g/mol. The Morgan fingerprint density at radius 1 is 0.654 bits per heavy atom. The zero-order chi connectivity index (χ0) is 20.1. The van der Waals surface area contributed by atoms with E-state index in [1.54, 1.807) is 0 Å². The number of hydrogen-bond acceptors (Lipinski definition) is 3. The Kier molecular flexibility index (Phi) is 22.0. The highest BCUT2D eigenvalue weighted by Gasteiger charge is 1.97. The number of unbranched alkanes of at least 4 members (excludes halogenated alkanes) is 14. The summed E-state index contributed by atoms with van der Waals surface area (Å²) in [6, 6.07) is 0. The Balaban J connectivity index is 0. The van der Waals surface area contributed by atoms with Crippen LogP contribution in [0.15, 0.2) is 0 Å². The molecule has 0 bridgehead atoms. The van der Waals surface area contributed by atoms with E-state index in [0.29, 0.717) is 6.42 Å². The topological polar surface area (TPSA) is 91.7 Å². The van der Waals surface area contributed by atoms with Crippen LogP contribution in [0, 0.1) is 0 Å². The summed E-state index contributed by atoms with van der Waals surface area (Å²) in [6.45, 7) is 3.64. The first-order chi connectivity index (χ1) is 12.3. The molecule has 0 unspecified atom stereocenters. The van der Waals surface area contributed by atoms with Gasteiger partial charge in [-0.15, -0.1) is 0 Å². The quantitative estimate of drug-likeness (QED) is 0.225. The maximum Gasteiger partial charge on any atom is 0.303 e. The van der Waals surface area contributed by atoms with Crippen LogP contribution in [0.3, 0.4) is 0 Å². The molecule has 0 rings (SSSR count). The summed E-state index contributed by atoms with van der Waals surface area (Å²) in [6.07, 6.45) is 20.2. The largest absolute Gasteiger partial charge is 0.481 e. The van der Waals surface area contributed by atoms with Crippen LogP contribution in [-0.4, -0.2) is 29.8 Å². The fourth-order valence-electron chi connectivity index (χ4n) is 2.65. The molecule has 0 aromatic carbocycles. The highest BCUT2D eigenvalue weighted by atomic mass is 32.2. The summed E-state index contributed by atoms with van der Waals surface area (Å²) in [5.74, 6) is -0.854. The van der Waals surface area contributed by atoms with Crippen LogP contribution in [0.25, 0.3) is 0 Å². The Morgan fingerprint density at radius 2 is 0.923 bits per heavy atom. The minimum atomic E-state index is -3.66. The average Bonchev–Trinajstić information content (AvgIpc) is 2.58. The van der Waals surface area contributed by atoms with Crippen molar-refractivity contribution in [3.8, 4) is 0 Å². The van der Waals surface area contributed by atoms with Crippen LogP contribution in [0.4, 0.5) is 0 Å². The predicted molar refractivity (Wildman–Crippen MR) is 109 cm³/mol. The normalized spacial score (nSPS) is 11.0. The highest BCUT2D eigenvalue weighted by molar-refractivity contribution is 7.85. The lowest BCUT2D eigenvalue weighted by Crippen LogP contribution is -1.97. The molecule has 0 saturated carbocycles. The number of hydrogen-bond donors (Lipinski definition) is 2. The second kappa shape index (κ2) is 20.7. The molecule has 0 fully saturated rings. The minimum absolute atomic E-state index is 0.201. The SMILES string of the molecule is CCCCCCCCCCCCCCCCCC(=O)O.CCS(=O)(=O)O. The molecule has 0 spiro atoms. The molecule has 0 amide bonds. The Labute approximate surface area is 161 Å². The predicted octanol–water partition coefficient (Wildman–Crippen LogP) is 6.23. The van der Waals surface area contributed by atoms with E-state index in [0.717, 1.165) is 12.8 Å². The van der Waals surface area contributed by atoms with Gasteiger partial charge in [-0.25, -0.2) is 0 Å². The molecule has 6 heteroatoms. The minimum Gasteiger partial charge on any atom is -0.481 e. The van der Waals surface area contributed by atoms with Gasteiger partial charge in [0.2, 0.25) is 0 Å². The van der Waals surface area contributed by atoms with E-state index in [9.17, 15) is 13.2 Å². The molecule has 0 aromatic heterocycles. The number of carboxylic acids is 1. The van der Waals surface area contributed by atoms with Gasteiger partial charge in [0.25, 0.3) is 10.1 Å². The molecule has 0 heterocycles. The Bertz CT molecular complexity index is 393. The van der Waals surface area contributed by atoms with Gasteiger partial charge in [0.1, 0.15) is 0 Å². The third-order valence-corrected chi connectivity index (χ3v) is 5.09. The second-order valence-electron chi connectivity index (χ2n) is 6.96. The van der Waals surface area contributed by atoms with Crippen molar-refractivity contribution in [1.82, 2.24) is 0 Å². The van der Waals surface area contributed by atoms with Gasteiger partial charge in [0.15, 0.2) is 0 Å². The third kappa shape index (κ3) is 31.2. The molecule has 0 aromatic rings. The summed E-state index contributed by atoms with van der Waals surface area (Å²) >= 11 is 0. The van der Waals surface area contributed by atoms with Crippen molar-refractivity contribution in [1.29, 1.82) is 0 Å². The summed E-state index contributed by atoms with van der Waals surface area (Å²) < 4.78 is 26.9. The van der Waals surface area contributed by atoms with E-state index in [2.05, 4.69) is 6.92 Å². The van der Waals surface area contributed by atoms with Gasteiger partial charge in [-0.05, 0) is 13.3 Å². The maximum atomic E-state index is 10.3. The highest BCUT2D eigenvalue weighted by Crippen LogP contribution is 2.13. The molecule has 26 heavy (non-hydrogen) atoms. The zero-order valence-corrected chi connectivity index (χ0v) is 17.9. The monoisotopic (exact) mass is 394 g/mol. The van der Waals surface area contributed by atoms with Crippen molar-refractivity contribution in [2.75, 3.05) is 5.75 Å². The molecule has 0 saturated heterocycles. The summed E-state index contributed by atoms with van der Waals surface area (Å²) in [5.41, 5.74) is 0. The number of rotatable bonds is 17. The molecule has 0 atom stereocenters. The van der Waals surface area contributed by atoms with Crippen LogP contribution in [0.1, 0.15) is 117 Å². The van der Waals surface area contributed by atoms with Gasteiger partial charge in [0, 0.05) is 6.42 Å². The second-order valence-corrected chi connectivity index (χ2v) is 8.71. The van der Waals surface area contributed by atoms with Gasteiger partial charge in [-0.3, -0.25) is 9.35 Å². The molecule has 2 N–H and O–H groups in total. The van der Waals surface area contributed by atoms with Gasteiger partial charge < -0.3 is 5.11 Å². The number of carbonyl (C=O) groups is 1. The van der Waals surface area contributed by atoms with E-state index >= 15 is 0 Å². The van der Waals surface area contributed by atoms with Gasteiger partial charge in [-0.2, -0.15) is 8.42 Å². The number of aliphatic carboxylic acids is 1. The van der Waals surface area contributed by atoms with E-state index in [-0.39, 0.29) is 5.75 Å². The van der Waals surface area contributed by atoms with Crippen LogP contribution in [0.5, 0.6) is 0 Å². The smallest absolute Gasteiger partial charge is 0.303 e. The molecule has 0 aliphatic carbocycles. The molecule has 0 aliphatic heterocycles. The summed E-state index contributed by atoms with van der Waals surface area (Å²) in [4.78, 5) is 10.3. The molecule has 158 valence electrons. The molecule has 0 aliphatic rings. The first-order valence-corrected chi connectivity index (χ1v) is 12.1. The molecular formula is C20H42O5S. The van der Waals surface area contributed by atoms with Crippen molar-refractivity contribution >= 4 is 16.1 Å². The van der Waals surface area contributed by atoms with Crippen molar-refractivity contribution in [2.24, 2.45) is 0 Å². The van der Waals surface area contributed by atoms with Crippen LogP contribution in [-0.2, 0) is 14.9 Å². The van der Waals surface area contributed by atoms with E-state index < -0.39 is 16.1 Å². The lowest BCUT2D eigenvalue weighted by molar-refractivity contribution is -0.137. The lowest BCUT2D eigenvalue weighted by Gasteiger charge is -2.03. The first kappa shape index (κ1) is 27.6. The fourth-order valence-corrected chi connectivity index (χ4v) is 2.65. The van der Waals surface area contributed by atoms with Crippen LogP contribution >= 0.6 is 0 Å². The summed E-state index contributed by atoms with van der Waals surface area (Å²) in [5, 5.41) is 8.52. The molecule has 5 nitrogen and oxygen atoms in total. The van der Waals surface area contributed by atoms with Gasteiger partial charge >= 0.3 is 5.97 Å². The van der Waals surface area contributed by atoms with Crippen molar-refractivity contribution in [3.05, 3.63) is 0 Å². The molecule has 0 radical (unpaired) electrons. The van der Waals surface area contributed by atoms with E-state index in [1.165, 1.54) is 90.4 Å². The van der Waals surface area contributed by atoms with E-state index in [1.807, 2.05) is 0 Å². The van der Waals surface area contributed by atoms with E-state index in [4.69, 9.17) is 9.66 Å². The van der Waals surface area contributed by atoms with Gasteiger partial charge in [-0.1, -0.05) is 96.8 Å².